The molecule has 0 unspecified atom stereocenters. The second kappa shape index (κ2) is 5.85. The van der Waals surface area contributed by atoms with E-state index in [2.05, 4.69) is 18.3 Å². The summed E-state index contributed by atoms with van der Waals surface area (Å²) in [7, 11) is 1.84. The summed E-state index contributed by atoms with van der Waals surface area (Å²) < 4.78 is 0. The summed E-state index contributed by atoms with van der Waals surface area (Å²) >= 11 is 0. The molecular weight excluding hydrogens is 238 g/mol. The molecule has 1 aromatic rings. The van der Waals surface area contributed by atoms with Gasteiger partial charge < -0.3 is 10.2 Å². The Bertz CT molecular complexity index is 489. The van der Waals surface area contributed by atoms with Gasteiger partial charge >= 0.3 is 0 Å². The zero-order valence-electron chi connectivity index (χ0n) is 11.4. The van der Waals surface area contributed by atoms with Crippen LogP contribution in [-0.4, -0.2) is 30.9 Å². The SMILES string of the molecule is C[C@@H]1CNC[C@H]1C(=O)N(C)Cc1ccc(C#N)cc1. The van der Waals surface area contributed by atoms with Crippen LogP contribution in [0.3, 0.4) is 0 Å². The summed E-state index contributed by atoms with van der Waals surface area (Å²) in [6.45, 7) is 4.39. The average Bonchev–Trinajstić information content (AvgIpc) is 2.85. The summed E-state index contributed by atoms with van der Waals surface area (Å²) in [6, 6.07) is 9.47. The molecule has 0 spiro atoms. The van der Waals surface area contributed by atoms with E-state index in [4.69, 9.17) is 5.26 Å². The highest BCUT2D eigenvalue weighted by Crippen LogP contribution is 2.19. The minimum Gasteiger partial charge on any atom is -0.341 e. The second-order valence-electron chi connectivity index (χ2n) is 5.25. The van der Waals surface area contributed by atoms with Crippen LogP contribution in [0.5, 0.6) is 0 Å². The molecule has 2 atom stereocenters. The Kier molecular flexibility index (Phi) is 4.18. The number of carbonyl (C=O) groups excluding carboxylic acids is 1. The number of nitrogens with zero attached hydrogens (tertiary/aromatic N) is 2. The van der Waals surface area contributed by atoms with Crippen molar-refractivity contribution in [3.63, 3.8) is 0 Å². The maximum atomic E-state index is 12.3. The van der Waals surface area contributed by atoms with Gasteiger partial charge in [-0.3, -0.25) is 4.79 Å². The van der Waals surface area contributed by atoms with Crippen molar-refractivity contribution >= 4 is 5.91 Å². The first-order valence-corrected chi connectivity index (χ1v) is 6.56. The average molecular weight is 257 g/mol. The molecule has 1 heterocycles. The summed E-state index contributed by atoms with van der Waals surface area (Å²) in [5.74, 6) is 0.682. The maximum absolute atomic E-state index is 12.3. The molecule has 1 N–H and O–H groups in total. The van der Waals surface area contributed by atoms with Crippen LogP contribution < -0.4 is 5.32 Å². The number of nitriles is 1. The number of benzene rings is 1. The van der Waals surface area contributed by atoms with Gasteiger partial charge in [-0.15, -0.1) is 0 Å². The Balaban J connectivity index is 1.98. The quantitative estimate of drug-likeness (QED) is 0.890. The first kappa shape index (κ1) is 13.6. The lowest BCUT2D eigenvalue weighted by Gasteiger charge is -2.23. The van der Waals surface area contributed by atoms with E-state index in [1.165, 1.54) is 0 Å². The molecule has 2 rings (SSSR count). The van der Waals surface area contributed by atoms with Crippen LogP contribution in [0.1, 0.15) is 18.1 Å². The second-order valence-corrected chi connectivity index (χ2v) is 5.25. The molecule has 0 saturated carbocycles. The number of nitrogens with one attached hydrogen (secondary N) is 1. The summed E-state index contributed by atoms with van der Waals surface area (Å²) in [5, 5.41) is 12.0. The molecule has 0 radical (unpaired) electrons. The molecular formula is C15H19N3O. The Labute approximate surface area is 114 Å². The largest absolute Gasteiger partial charge is 0.341 e. The van der Waals surface area contributed by atoms with Crippen molar-refractivity contribution in [1.29, 1.82) is 5.26 Å². The van der Waals surface area contributed by atoms with Crippen LogP contribution in [0.2, 0.25) is 0 Å². The lowest BCUT2D eigenvalue weighted by atomic mass is 9.96. The Morgan fingerprint density at radius 3 is 2.63 bits per heavy atom. The standard InChI is InChI=1S/C15H19N3O/c1-11-8-17-9-14(11)15(19)18(2)10-13-5-3-12(7-16)4-6-13/h3-6,11,14,17H,8-10H2,1-2H3/t11-,14-/m1/s1. The Hall–Kier alpha value is -1.86. The zero-order chi connectivity index (χ0) is 13.8. The topological polar surface area (TPSA) is 56.1 Å². The number of carbonyl (C=O) groups is 1. The minimum atomic E-state index is 0.0865. The van der Waals surface area contributed by atoms with Crippen LogP contribution in [0, 0.1) is 23.2 Å². The fraction of sp³-hybridized carbons (Fsp3) is 0.467. The molecule has 4 nitrogen and oxygen atoms in total. The highest BCUT2D eigenvalue weighted by molar-refractivity contribution is 5.79. The third-order valence-electron chi connectivity index (χ3n) is 3.71. The van der Waals surface area contributed by atoms with Gasteiger partial charge in [0.15, 0.2) is 0 Å². The molecule has 0 bridgehead atoms. The van der Waals surface area contributed by atoms with E-state index in [0.717, 1.165) is 18.7 Å². The van der Waals surface area contributed by atoms with Crippen LogP contribution in [0.25, 0.3) is 0 Å². The minimum absolute atomic E-state index is 0.0865. The molecule has 1 aliphatic heterocycles. The van der Waals surface area contributed by atoms with Crippen LogP contribution in [0.4, 0.5) is 0 Å². The molecule has 1 aliphatic rings. The molecule has 1 fully saturated rings. The summed E-state index contributed by atoms with van der Waals surface area (Å²) in [6.07, 6.45) is 0. The van der Waals surface area contributed by atoms with Crippen molar-refractivity contribution in [3.8, 4) is 6.07 Å². The van der Waals surface area contributed by atoms with Gasteiger partial charge in [-0.25, -0.2) is 0 Å². The third kappa shape index (κ3) is 3.12. The van der Waals surface area contributed by atoms with Gasteiger partial charge in [-0.1, -0.05) is 19.1 Å². The van der Waals surface area contributed by atoms with Crippen molar-refractivity contribution in [2.24, 2.45) is 11.8 Å². The first-order valence-electron chi connectivity index (χ1n) is 6.56. The lowest BCUT2D eigenvalue weighted by Crippen LogP contribution is -2.35. The monoisotopic (exact) mass is 257 g/mol. The van der Waals surface area contributed by atoms with Gasteiger partial charge in [0.25, 0.3) is 0 Å². The molecule has 0 aliphatic carbocycles. The van der Waals surface area contributed by atoms with Crippen molar-refractivity contribution in [1.82, 2.24) is 10.2 Å². The van der Waals surface area contributed by atoms with Crippen molar-refractivity contribution in [2.45, 2.75) is 13.5 Å². The molecule has 100 valence electrons. The smallest absolute Gasteiger partial charge is 0.227 e. The van der Waals surface area contributed by atoms with Crippen LogP contribution in [-0.2, 0) is 11.3 Å². The molecule has 4 heteroatoms. The fourth-order valence-corrected chi connectivity index (χ4v) is 2.46. The van der Waals surface area contributed by atoms with Gasteiger partial charge in [0.05, 0.1) is 17.6 Å². The highest BCUT2D eigenvalue weighted by atomic mass is 16.2. The van der Waals surface area contributed by atoms with Gasteiger partial charge in [0.1, 0.15) is 0 Å². The molecule has 19 heavy (non-hydrogen) atoms. The van der Waals surface area contributed by atoms with Crippen molar-refractivity contribution in [3.05, 3.63) is 35.4 Å². The molecule has 1 saturated heterocycles. The van der Waals surface area contributed by atoms with E-state index in [-0.39, 0.29) is 11.8 Å². The summed E-state index contributed by atoms with van der Waals surface area (Å²) in [4.78, 5) is 14.1. The zero-order valence-corrected chi connectivity index (χ0v) is 11.4. The molecule has 0 aromatic heterocycles. The first-order chi connectivity index (χ1) is 9.11. The van der Waals surface area contributed by atoms with Crippen molar-refractivity contribution < 1.29 is 4.79 Å². The van der Waals surface area contributed by atoms with Gasteiger partial charge in [0.2, 0.25) is 5.91 Å². The Morgan fingerprint density at radius 2 is 2.11 bits per heavy atom. The van der Waals surface area contributed by atoms with E-state index in [0.29, 0.717) is 18.0 Å². The van der Waals surface area contributed by atoms with Crippen LogP contribution >= 0.6 is 0 Å². The number of amides is 1. The predicted octanol–water partition coefficient (Wildman–Crippen LogP) is 1.37. The number of hydrogen-bond donors (Lipinski definition) is 1. The van der Waals surface area contributed by atoms with E-state index in [1.54, 1.807) is 17.0 Å². The van der Waals surface area contributed by atoms with E-state index < -0.39 is 0 Å². The van der Waals surface area contributed by atoms with E-state index in [9.17, 15) is 4.79 Å². The lowest BCUT2D eigenvalue weighted by molar-refractivity contribution is -0.135. The predicted molar refractivity (Wildman–Crippen MR) is 73.2 cm³/mol. The number of rotatable bonds is 3. The van der Waals surface area contributed by atoms with Gasteiger partial charge in [0, 0.05) is 20.1 Å². The maximum Gasteiger partial charge on any atom is 0.227 e. The molecule has 1 aromatic carbocycles. The Morgan fingerprint density at radius 1 is 1.42 bits per heavy atom. The van der Waals surface area contributed by atoms with E-state index >= 15 is 0 Å². The van der Waals surface area contributed by atoms with Crippen LogP contribution in [0.15, 0.2) is 24.3 Å². The van der Waals surface area contributed by atoms with Gasteiger partial charge in [-0.2, -0.15) is 5.26 Å². The normalized spacial score (nSPS) is 21.9. The van der Waals surface area contributed by atoms with Crippen molar-refractivity contribution in [2.75, 3.05) is 20.1 Å². The molecule has 1 amide bonds. The summed E-state index contributed by atoms with van der Waals surface area (Å²) in [5.41, 5.74) is 1.69. The number of hydrogen-bond acceptors (Lipinski definition) is 3. The third-order valence-corrected chi connectivity index (χ3v) is 3.71. The fourth-order valence-electron chi connectivity index (χ4n) is 2.46. The van der Waals surface area contributed by atoms with Gasteiger partial charge in [-0.05, 0) is 30.2 Å². The van der Waals surface area contributed by atoms with E-state index in [1.807, 2.05) is 19.2 Å². The highest BCUT2D eigenvalue weighted by Gasteiger charge is 2.31.